The number of hydrogen-bond acceptors (Lipinski definition) is 3. The third-order valence-electron chi connectivity index (χ3n) is 3.45. The van der Waals surface area contributed by atoms with Crippen LogP contribution in [-0.2, 0) is 11.3 Å². The molecule has 8 heteroatoms. The molecule has 0 saturated heterocycles. The highest BCUT2D eigenvalue weighted by Crippen LogP contribution is 2.17. The quantitative estimate of drug-likeness (QED) is 0.234. The topological polar surface area (TPSA) is 74.8 Å². The monoisotopic (exact) mass is 502 g/mol. The summed E-state index contributed by atoms with van der Waals surface area (Å²) in [5, 5.41) is 9.83. The number of benzene rings is 2. The normalized spacial score (nSPS) is 10.6. The Kier molecular flexibility index (Phi) is 10.6. The van der Waals surface area contributed by atoms with Gasteiger partial charge in [-0.25, -0.2) is 0 Å². The molecule has 0 aliphatic rings. The summed E-state index contributed by atoms with van der Waals surface area (Å²) in [5.41, 5.74) is 1.71. The average Bonchev–Trinajstić information content (AvgIpc) is 2.62. The minimum absolute atomic E-state index is 0. The average molecular weight is 503 g/mol. The first-order valence-corrected chi connectivity index (χ1v) is 8.64. The molecular formula is C19H24ClIN4O2. The van der Waals surface area contributed by atoms with Crippen LogP contribution >= 0.6 is 35.6 Å². The van der Waals surface area contributed by atoms with Crippen LogP contribution in [0.2, 0.25) is 5.02 Å². The van der Waals surface area contributed by atoms with Crippen LogP contribution in [0, 0.1) is 0 Å². The lowest BCUT2D eigenvalue weighted by atomic mass is 10.2. The third-order valence-corrected chi connectivity index (χ3v) is 3.81. The van der Waals surface area contributed by atoms with Crippen molar-refractivity contribution in [3.05, 3.63) is 59.1 Å². The zero-order chi connectivity index (χ0) is 18.8. The molecule has 0 radical (unpaired) electrons. The van der Waals surface area contributed by atoms with E-state index in [-0.39, 0.29) is 29.9 Å². The Balaban J connectivity index is 0.00000364. The maximum atomic E-state index is 11.1. The molecule has 6 nitrogen and oxygen atoms in total. The van der Waals surface area contributed by atoms with Crippen LogP contribution in [-0.4, -0.2) is 32.1 Å². The zero-order valence-electron chi connectivity index (χ0n) is 15.3. The molecule has 146 valence electrons. The molecule has 27 heavy (non-hydrogen) atoms. The van der Waals surface area contributed by atoms with Gasteiger partial charge in [-0.1, -0.05) is 35.9 Å². The predicted molar refractivity (Wildman–Crippen MR) is 121 cm³/mol. The lowest BCUT2D eigenvalue weighted by Crippen LogP contribution is -2.38. The second-order valence-electron chi connectivity index (χ2n) is 5.50. The Hall–Kier alpha value is -2.00. The number of hydrogen-bond donors (Lipinski definition) is 3. The van der Waals surface area contributed by atoms with E-state index in [0.29, 0.717) is 37.1 Å². The minimum atomic E-state index is -0.114. The predicted octanol–water partition coefficient (Wildman–Crippen LogP) is 3.66. The van der Waals surface area contributed by atoms with E-state index in [2.05, 4.69) is 20.9 Å². The highest BCUT2D eigenvalue weighted by Gasteiger charge is 2.02. The van der Waals surface area contributed by atoms with E-state index >= 15 is 0 Å². The van der Waals surface area contributed by atoms with Crippen molar-refractivity contribution >= 4 is 53.1 Å². The number of ether oxygens (including phenoxy) is 1. The first-order chi connectivity index (χ1) is 12.6. The molecule has 0 heterocycles. The van der Waals surface area contributed by atoms with E-state index in [1.54, 1.807) is 13.1 Å². The van der Waals surface area contributed by atoms with Crippen LogP contribution in [0.1, 0.15) is 12.5 Å². The highest BCUT2D eigenvalue weighted by atomic mass is 127. The van der Waals surface area contributed by atoms with Crippen molar-refractivity contribution in [3.63, 3.8) is 0 Å². The van der Waals surface area contributed by atoms with Gasteiger partial charge >= 0.3 is 0 Å². The summed E-state index contributed by atoms with van der Waals surface area (Å²) in [6, 6.07) is 14.9. The number of rotatable bonds is 7. The molecule has 0 aromatic heterocycles. The smallest absolute Gasteiger partial charge is 0.221 e. The molecule has 0 aliphatic carbocycles. The van der Waals surface area contributed by atoms with Crippen molar-refractivity contribution in [1.29, 1.82) is 0 Å². The van der Waals surface area contributed by atoms with E-state index in [1.165, 1.54) is 6.92 Å². The van der Waals surface area contributed by atoms with Gasteiger partial charge < -0.3 is 20.7 Å². The summed E-state index contributed by atoms with van der Waals surface area (Å²) in [4.78, 5) is 15.3. The minimum Gasteiger partial charge on any atom is -0.492 e. The first-order valence-electron chi connectivity index (χ1n) is 8.27. The molecular weight excluding hydrogens is 479 g/mol. The fraction of sp³-hybridized carbons (Fsp3) is 0.263. The molecule has 0 bridgehead atoms. The van der Waals surface area contributed by atoms with Gasteiger partial charge in [-0.3, -0.25) is 9.79 Å². The van der Waals surface area contributed by atoms with Gasteiger partial charge in [0.2, 0.25) is 5.91 Å². The Bertz CT molecular complexity index is 771. The summed E-state index contributed by atoms with van der Waals surface area (Å²) in [6.07, 6.45) is 0. The van der Waals surface area contributed by atoms with Crippen LogP contribution in [0.5, 0.6) is 5.75 Å². The largest absolute Gasteiger partial charge is 0.492 e. The van der Waals surface area contributed by atoms with E-state index < -0.39 is 0 Å². The number of carbonyl (C=O) groups excluding carboxylic acids is 1. The fourth-order valence-corrected chi connectivity index (χ4v) is 2.45. The van der Waals surface area contributed by atoms with Gasteiger partial charge in [-0.2, -0.15) is 0 Å². The van der Waals surface area contributed by atoms with Crippen LogP contribution < -0.4 is 20.7 Å². The number of nitrogens with zero attached hydrogens (tertiary/aromatic N) is 1. The Morgan fingerprint density at radius 3 is 2.63 bits per heavy atom. The molecule has 0 saturated carbocycles. The lowest BCUT2D eigenvalue weighted by molar-refractivity contribution is -0.114. The van der Waals surface area contributed by atoms with Crippen molar-refractivity contribution in [2.75, 3.05) is 25.5 Å². The van der Waals surface area contributed by atoms with Gasteiger partial charge in [0.1, 0.15) is 12.4 Å². The molecule has 0 fully saturated rings. The third kappa shape index (κ3) is 8.49. The van der Waals surface area contributed by atoms with Crippen molar-refractivity contribution in [2.45, 2.75) is 13.5 Å². The number of guanidine groups is 1. The molecule has 1 amide bonds. The summed E-state index contributed by atoms with van der Waals surface area (Å²) in [5.74, 6) is 1.25. The molecule has 0 atom stereocenters. The van der Waals surface area contributed by atoms with Crippen molar-refractivity contribution in [3.8, 4) is 5.75 Å². The van der Waals surface area contributed by atoms with Gasteiger partial charge in [0.05, 0.1) is 6.54 Å². The van der Waals surface area contributed by atoms with Crippen molar-refractivity contribution in [2.24, 2.45) is 4.99 Å². The SMILES string of the molecule is CN=C(NCCOc1cccc(NC(C)=O)c1)NCc1ccccc1Cl.I. The van der Waals surface area contributed by atoms with Gasteiger partial charge in [-0.15, -0.1) is 24.0 Å². The fourth-order valence-electron chi connectivity index (χ4n) is 2.25. The molecule has 2 aromatic carbocycles. The molecule has 0 unspecified atom stereocenters. The Morgan fingerprint density at radius 1 is 1.15 bits per heavy atom. The zero-order valence-corrected chi connectivity index (χ0v) is 18.4. The summed E-state index contributed by atoms with van der Waals surface area (Å²) < 4.78 is 5.69. The van der Waals surface area contributed by atoms with E-state index in [4.69, 9.17) is 16.3 Å². The van der Waals surface area contributed by atoms with Gasteiger partial charge in [0.25, 0.3) is 0 Å². The van der Waals surface area contributed by atoms with Gasteiger partial charge in [-0.05, 0) is 23.8 Å². The summed E-state index contributed by atoms with van der Waals surface area (Å²) in [7, 11) is 1.71. The number of nitrogens with one attached hydrogen (secondary N) is 3. The van der Waals surface area contributed by atoms with Crippen LogP contribution in [0.4, 0.5) is 5.69 Å². The first kappa shape index (κ1) is 23.0. The molecule has 0 aliphatic heterocycles. The molecule has 3 N–H and O–H groups in total. The number of aliphatic imine (C=N–C) groups is 1. The van der Waals surface area contributed by atoms with Crippen molar-refractivity contribution < 1.29 is 9.53 Å². The Morgan fingerprint density at radius 2 is 1.93 bits per heavy atom. The summed E-state index contributed by atoms with van der Waals surface area (Å²) in [6.45, 7) is 3.08. The van der Waals surface area contributed by atoms with Crippen LogP contribution in [0.15, 0.2) is 53.5 Å². The summed E-state index contributed by atoms with van der Waals surface area (Å²) >= 11 is 6.14. The van der Waals surface area contributed by atoms with E-state index in [1.807, 2.05) is 42.5 Å². The maximum Gasteiger partial charge on any atom is 0.221 e. The Labute approximate surface area is 181 Å². The maximum absolute atomic E-state index is 11.1. The second kappa shape index (κ2) is 12.4. The number of amides is 1. The molecule has 2 aromatic rings. The van der Waals surface area contributed by atoms with Crippen LogP contribution in [0.3, 0.4) is 0 Å². The van der Waals surface area contributed by atoms with E-state index in [9.17, 15) is 4.79 Å². The molecule has 2 rings (SSSR count). The highest BCUT2D eigenvalue weighted by molar-refractivity contribution is 14.0. The number of halogens is 2. The van der Waals surface area contributed by atoms with Crippen molar-refractivity contribution in [1.82, 2.24) is 10.6 Å². The molecule has 0 spiro atoms. The standard InChI is InChI=1S/C19H23ClN4O2.HI/c1-14(25)24-16-7-5-8-17(12-16)26-11-10-22-19(21-2)23-13-15-6-3-4-9-18(15)20;/h3-9,12H,10-11,13H2,1-2H3,(H,24,25)(H2,21,22,23);1H. The lowest BCUT2D eigenvalue weighted by Gasteiger charge is -2.13. The van der Waals surface area contributed by atoms with Gasteiger partial charge in [0, 0.05) is 37.3 Å². The van der Waals surface area contributed by atoms with E-state index in [0.717, 1.165) is 10.6 Å². The van der Waals surface area contributed by atoms with Gasteiger partial charge in [0.15, 0.2) is 5.96 Å². The number of anilines is 1. The number of carbonyl (C=O) groups is 1. The van der Waals surface area contributed by atoms with Crippen LogP contribution in [0.25, 0.3) is 0 Å². The second-order valence-corrected chi connectivity index (χ2v) is 5.91.